The van der Waals surface area contributed by atoms with E-state index in [2.05, 4.69) is 21.8 Å². The predicted octanol–water partition coefficient (Wildman–Crippen LogP) is 1.28. The van der Waals surface area contributed by atoms with Crippen molar-refractivity contribution in [2.45, 2.75) is 19.8 Å². The molecule has 1 aliphatic heterocycles. The van der Waals surface area contributed by atoms with E-state index in [1.165, 1.54) is 25.7 Å². The second-order valence-electron chi connectivity index (χ2n) is 5.21. The fourth-order valence-electron chi connectivity index (χ4n) is 2.69. The van der Waals surface area contributed by atoms with Gasteiger partial charge in [0.25, 0.3) is 5.91 Å². The molecule has 1 atom stereocenters. The first-order chi connectivity index (χ1) is 9.20. The number of hydrogen-bond donors (Lipinski definition) is 0. The van der Waals surface area contributed by atoms with Crippen LogP contribution in [0.4, 0.5) is 0 Å². The van der Waals surface area contributed by atoms with E-state index in [1.807, 2.05) is 7.05 Å². The zero-order chi connectivity index (χ0) is 13.7. The van der Waals surface area contributed by atoms with Gasteiger partial charge in [-0.25, -0.2) is 9.97 Å². The number of carbonyl (C=O) groups excluding carboxylic acids is 1. The summed E-state index contributed by atoms with van der Waals surface area (Å²) in [6.45, 7) is 6.39. The molecule has 0 bridgehead atoms. The average Bonchev–Trinajstić information content (AvgIpc) is 2.47. The second kappa shape index (κ2) is 6.61. The molecule has 0 aromatic carbocycles. The van der Waals surface area contributed by atoms with Crippen LogP contribution in [0.3, 0.4) is 0 Å². The first-order valence-electron chi connectivity index (χ1n) is 6.93. The van der Waals surface area contributed by atoms with Crippen molar-refractivity contribution in [3.05, 3.63) is 24.3 Å². The van der Waals surface area contributed by atoms with Gasteiger partial charge in [-0.2, -0.15) is 0 Å². The van der Waals surface area contributed by atoms with Crippen molar-refractivity contribution >= 4 is 5.91 Å². The van der Waals surface area contributed by atoms with E-state index in [9.17, 15) is 4.79 Å². The number of hydrogen-bond acceptors (Lipinski definition) is 4. The van der Waals surface area contributed by atoms with Crippen LogP contribution in [0.2, 0.25) is 0 Å². The highest BCUT2D eigenvalue weighted by Crippen LogP contribution is 2.17. The summed E-state index contributed by atoms with van der Waals surface area (Å²) in [6.07, 6.45) is 7.03. The van der Waals surface area contributed by atoms with Gasteiger partial charge >= 0.3 is 0 Å². The van der Waals surface area contributed by atoms with Crippen LogP contribution < -0.4 is 0 Å². The largest absolute Gasteiger partial charge is 0.341 e. The van der Waals surface area contributed by atoms with Gasteiger partial charge < -0.3 is 9.80 Å². The van der Waals surface area contributed by atoms with Crippen molar-refractivity contribution in [2.24, 2.45) is 5.92 Å². The van der Waals surface area contributed by atoms with Gasteiger partial charge in [-0.3, -0.25) is 4.79 Å². The Balaban J connectivity index is 1.90. The summed E-state index contributed by atoms with van der Waals surface area (Å²) in [4.78, 5) is 24.2. The Labute approximate surface area is 114 Å². The molecule has 104 valence electrons. The van der Waals surface area contributed by atoms with Gasteiger partial charge in [-0.05, 0) is 31.8 Å². The van der Waals surface area contributed by atoms with E-state index >= 15 is 0 Å². The number of rotatable bonds is 4. The lowest BCUT2D eigenvalue weighted by Gasteiger charge is -2.34. The Morgan fingerprint density at radius 3 is 2.89 bits per heavy atom. The third kappa shape index (κ3) is 3.73. The van der Waals surface area contributed by atoms with E-state index in [4.69, 9.17) is 0 Å². The molecule has 2 heterocycles. The van der Waals surface area contributed by atoms with Crippen LogP contribution in [0.15, 0.2) is 18.7 Å². The molecule has 5 heteroatoms. The molecule has 1 amide bonds. The van der Waals surface area contributed by atoms with Gasteiger partial charge in [0.2, 0.25) is 0 Å². The summed E-state index contributed by atoms with van der Waals surface area (Å²) in [7, 11) is 1.86. The topological polar surface area (TPSA) is 49.3 Å². The number of likely N-dealkylation sites (tertiary alicyclic amines) is 1. The normalized spacial score (nSPS) is 20.2. The first-order valence-corrected chi connectivity index (χ1v) is 6.93. The Kier molecular flexibility index (Phi) is 4.85. The highest BCUT2D eigenvalue weighted by atomic mass is 16.2. The van der Waals surface area contributed by atoms with Gasteiger partial charge in [0.1, 0.15) is 6.33 Å². The summed E-state index contributed by atoms with van der Waals surface area (Å²) in [5.41, 5.74) is 0.563. The lowest BCUT2D eigenvalue weighted by atomic mass is 9.97. The van der Waals surface area contributed by atoms with Gasteiger partial charge in [0.15, 0.2) is 0 Å². The fourth-order valence-corrected chi connectivity index (χ4v) is 2.69. The van der Waals surface area contributed by atoms with Crippen LogP contribution in [0, 0.1) is 5.92 Å². The zero-order valence-electron chi connectivity index (χ0n) is 11.7. The Hall–Kier alpha value is -1.49. The minimum Gasteiger partial charge on any atom is -0.341 e. The molecule has 0 N–H and O–H groups in total. The molecule has 0 radical (unpaired) electrons. The molecule has 1 saturated heterocycles. The number of piperidine rings is 1. The van der Waals surface area contributed by atoms with Crippen LogP contribution in [-0.2, 0) is 0 Å². The third-order valence-corrected chi connectivity index (χ3v) is 3.74. The number of nitrogens with zero attached hydrogens (tertiary/aromatic N) is 4. The molecule has 0 aliphatic carbocycles. The summed E-state index contributed by atoms with van der Waals surface area (Å²) in [5, 5.41) is 0. The SMILES string of the molecule is CCN1CCC[C@@H](CN(C)C(=O)c2cncnc2)C1. The first kappa shape index (κ1) is 13.9. The van der Waals surface area contributed by atoms with Crippen LogP contribution >= 0.6 is 0 Å². The minimum atomic E-state index is 0.00854. The van der Waals surface area contributed by atoms with E-state index in [1.54, 1.807) is 17.3 Å². The monoisotopic (exact) mass is 262 g/mol. The van der Waals surface area contributed by atoms with Crippen molar-refractivity contribution in [1.82, 2.24) is 19.8 Å². The predicted molar refractivity (Wildman–Crippen MR) is 73.8 cm³/mol. The Morgan fingerprint density at radius 2 is 2.21 bits per heavy atom. The molecular formula is C14H22N4O. The van der Waals surface area contributed by atoms with E-state index < -0.39 is 0 Å². The molecule has 2 rings (SSSR count). The van der Waals surface area contributed by atoms with Crippen LogP contribution in [0.1, 0.15) is 30.1 Å². The lowest BCUT2D eigenvalue weighted by Crippen LogP contribution is -2.41. The minimum absolute atomic E-state index is 0.00854. The molecule has 1 fully saturated rings. The molecule has 1 aromatic rings. The molecule has 19 heavy (non-hydrogen) atoms. The summed E-state index contributed by atoms with van der Waals surface area (Å²) in [6, 6.07) is 0. The van der Waals surface area contributed by atoms with Crippen LogP contribution in [-0.4, -0.2) is 58.9 Å². The molecule has 0 spiro atoms. The maximum atomic E-state index is 12.2. The number of aromatic nitrogens is 2. The summed E-state index contributed by atoms with van der Waals surface area (Å²) in [5.74, 6) is 0.585. The molecule has 1 aromatic heterocycles. The standard InChI is InChI=1S/C14H22N4O/c1-3-18-6-4-5-12(10-18)9-17(2)14(19)13-7-15-11-16-8-13/h7-8,11-12H,3-6,9-10H2,1-2H3/t12-/m0/s1. The molecule has 1 aliphatic rings. The molecule has 0 unspecified atom stereocenters. The third-order valence-electron chi connectivity index (χ3n) is 3.74. The van der Waals surface area contributed by atoms with Crippen molar-refractivity contribution in [2.75, 3.05) is 33.2 Å². The number of amides is 1. The Morgan fingerprint density at radius 1 is 1.47 bits per heavy atom. The van der Waals surface area contributed by atoms with E-state index in [0.717, 1.165) is 19.6 Å². The van der Waals surface area contributed by atoms with E-state index in [-0.39, 0.29) is 5.91 Å². The fraction of sp³-hybridized carbons (Fsp3) is 0.643. The van der Waals surface area contributed by atoms with Crippen molar-refractivity contribution in [3.8, 4) is 0 Å². The summed E-state index contributed by atoms with van der Waals surface area (Å²) < 4.78 is 0. The lowest BCUT2D eigenvalue weighted by molar-refractivity contribution is 0.0732. The van der Waals surface area contributed by atoms with Gasteiger partial charge in [0, 0.05) is 32.5 Å². The molecule has 0 saturated carbocycles. The highest BCUT2D eigenvalue weighted by molar-refractivity contribution is 5.93. The molecular weight excluding hydrogens is 240 g/mol. The van der Waals surface area contributed by atoms with Gasteiger partial charge in [-0.15, -0.1) is 0 Å². The van der Waals surface area contributed by atoms with Crippen molar-refractivity contribution in [3.63, 3.8) is 0 Å². The smallest absolute Gasteiger partial charge is 0.256 e. The maximum Gasteiger partial charge on any atom is 0.256 e. The Bertz CT molecular complexity index is 409. The highest BCUT2D eigenvalue weighted by Gasteiger charge is 2.22. The van der Waals surface area contributed by atoms with Gasteiger partial charge in [0.05, 0.1) is 5.56 Å². The second-order valence-corrected chi connectivity index (χ2v) is 5.21. The van der Waals surface area contributed by atoms with Crippen LogP contribution in [0.5, 0.6) is 0 Å². The van der Waals surface area contributed by atoms with Gasteiger partial charge in [-0.1, -0.05) is 6.92 Å². The molecule has 5 nitrogen and oxygen atoms in total. The quantitative estimate of drug-likeness (QED) is 0.820. The number of carbonyl (C=O) groups is 1. The maximum absolute atomic E-state index is 12.2. The van der Waals surface area contributed by atoms with Crippen molar-refractivity contribution in [1.29, 1.82) is 0 Å². The van der Waals surface area contributed by atoms with E-state index in [0.29, 0.717) is 11.5 Å². The zero-order valence-corrected chi connectivity index (χ0v) is 11.7. The summed E-state index contributed by atoms with van der Waals surface area (Å²) >= 11 is 0. The van der Waals surface area contributed by atoms with Crippen LogP contribution in [0.25, 0.3) is 0 Å². The average molecular weight is 262 g/mol. The van der Waals surface area contributed by atoms with Crippen molar-refractivity contribution < 1.29 is 4.79 Å².